The number of nitrogens with one attached hydrogen (secondary N) is 1. The topological polar surface area (TPSA) is 30.5 Å². The van der Waals surface area contributed by atoms with Crippen molar-refractivity contribution in [3.8, 4) is 0 Å². The summed E-state index contributed by atoms with van der Waals surface area (Å²) in [6, 6.07) is 0. The second kappa shape index (κ2) is 9.18. The molecule has 0 aromatic rings. The molecule has 20 heavy (non-hydrogen) atoms. The number of hydrogen-bond acceptors (Lipinski definition) is 3. The van der Waals surface area contributed by atoms with Crippen molar-refractivity contribution in [3.05, 3.63) is 0 Å². The lowest BCUT2D eigenvalue weighted by Gasteiger charge is -2.45. The van der Waals surface area contributed by atoms with Gasteiger partial charge >= 0.3 is 8.72 Å². The van der Waals surface area contributed by atoms with Gasteiger partial charge in [0.05, 0.1) is 0 Å². The van der Waals surface area contributed by atoms with Crippen LogP contribution in [-0.2, 0) is 8.85 Å². The van der Waals surface area contributed by atoms with Gasteiger partial charge in [-0.2, -0.15) is 0 Å². The van der Waals surface area contributed by atoms with Gasteiger partial charge in [-0.05, 0) is 38.6 Å². The van der Waals surface area contributed by atoms with Crippen LogP contribution in [0.3, 0.4) is 0 Å². The zero-order chi connectivity index (χ0) is 15.0. The van der Waals surface area contributed by atoms with Crippen molar-refractivity contribution in [3.63, 3.8) is 0 Å². The van der Waals surface area contributed by atoms with Gasteiger partial charge in [-0.25, -0.2) is 0 Å². The molecule has 0 radical (unpaired) electrons. The van der Waals surface area contributed by atoms with Gasteiger partial charge < -0.3 is 8.85 Å². The van der Waals surface area contributed by atoms with E-state index >= 15 is 0 Å². The van der Waals surface area contributed by atoms with E-state index in [1.807, 2.05) is 0 Å². The monoisotopic (exact) mass is 301 g/mol. The van der Waals surface area contributed by atoms with E-state index in [9.17, 15) is 0 Å². The van der Waals surface area contributed by atoms with Gasteiger partial charge in [0.1, 0.15) is 0 Å². The Hall–Kier alpha value is 0.0969. The predicted molar refractivity (Wildman–Crippen MR) is 87.8 cm³/mol. The van der Waals surface area contributed by atoms with E-state index in [1.54, 1.807) is 0 Å². The summed E-state index contributed by atoms with van der Waals surface area (Å²) in [7, 11) is -2.31. The van der Waals surface area contributed by atoms with E-state index in [2.05, 4.69) is 39.6 Å². The highest BCUT2D eigenvalue weighted by Crippen LogP contribution is 2.45. The summed E-state index contributed by atoms with van der Waals surface area (Å²) >= 11 is 0. The largest absolute Gasteiger partial charge is 0.428 e. The smallest absolute Gasteiger partial charge is 0.383 e. The molecule has 4 heteroatoms. The summed E-state index contributed by atoms with van der Waals surface area (Å²) in [4.78, 5) is 3.76. The fourth-order valence-electron chi connectivity index (χ4n) is 3.75. The number of unbranched alkanes of at least 4 members (excludes halogenated alkanes) is 1. The van der Waals surface area contributed by atoms with Gasteiger partial charge in [-0.1, -0.05) is 46.5 Å². The van der Waals surface area contributed by atoms with Crippen LogP contribution in [0.5, 0.6) is 0 Å². The average molecular weight is 302 g/mol. The van der Waals surface area contributed by atoms with Gasteiger partial charge in [0.25, 0.3) is 0 Å². The molecule has 1 aliphatic rings. The molecule has 1 N–H and O–H groups in total. The summed E-state index contributed by atoms with van der Waals surface area (Å²) in [5, 5.41) is 0. The Morgan fingerprint density at radius 2 is 1.55 bits per heavy atom. The van der Waals surface area contributed by atoms with Crippen molar-refractivity contribution in [2.45, 2.75) is 72.3 Å². The number of hydrogen-bond donors (Lipinski definition) is 1. The van der Waals surface area contributed by atoms with Crippen molar-refractivity contribution in [1.82, 2.24) is 4.98 Å². The van der Waals surface area contributed by atoms with Crippen LogP contribution >= 0.6 is 0 Å². The molecule has 0 bridgehead atoms. The molecule has 2 atom stereocenters. The fourth-order valence-corrected chi connectivity index (χ4v) is 7.88. The Bertz CT molecular complexity index is 247. The van der Waals surface area contributed by atoms with Crippen LogP contribution in [0.2, 0.25) is 5.54 Å². The molecule has 3 nitrogen and oxygen atoms in total. The van der Waals surface area contributed by atoms with Crippen LogP contribution in [0, 0.1) is 11.8 Å². The first kappa shape index (κ1) is 18.1. The second-order valence-corrected chi connectivity index (χ2v) is 9.16. The lowest BCUT2D eigenvalue weighted by Crippen LogP contribution is -2.63. The van der Waals surface area contributed by atoms with Gasteiger partial charge in [-0.15, -0.1) is 0 Å². The third-order valence-electron chi connectivity index (χ3n) is 4.60. The Balaban J connectivity index is 2.91. The Labute approximate surface area is 127 Å². The lowest BCUT2D eigenvalue weighted by atomic mass is 9.83. The molecule has 0 aliphatic heterocycles. The Kier molecular flexibility index (Phi) is 8.33. The first-order chi connectivity index (χ1) is 9.61. The van der Waals surface area contributed by atoms with Crippen LogP contribution in [0.1, 0.15) is 66.7 Å². The van der Waals surface area contributed by atoms with Crippen LogP contribution in [-0.4, -0.2) is 28.5 Å². The minimum absolute atomic E-state index is 0.577. The maximum atomic E-state index is 6.30. The molecular formula is C16H35NO2Si. The van der Waals surface area contributed by atoms with Crippen molar-refractivity contribution < 1.29 is 8.85 Å². The molecule has 0 spiro atoms. The van der Waals surface area contributed by atoms with E-state index in [0.717, 1.165) is 19.8 Å². The van der Waals surface area contributed by atoms with Gasteiger partial charge in [0, 0.05) is 18.8 Å². The molecule has 1 rings (SSSR count). The van der Waals surface area contributed by atoms with Crippen LogP contribution in [0.15, 0.2) is 0 Å². The summed E-state index contributed by atoms with van der Waals surface area (Å²) < 4.78 is 12.6. The van der Waals surface area contributed by atoms with Gasteiger partial charge in [-0.3, -0.25) is 4.98 Å². The average Bonchev–Trinajstić information content (AvgIpc) is 2.39. The molecule has 0 saturated heterocycles. The fraction of sp³-hybridized carbons (Fsp3) is 1.00. The van der Waals surface area contributed by atoms with Crippen LogP contribution < -0.4 is 4.98 Å². The van der Waals surface area contributed by atoms with E-state index in [4.69, 9.17) is 8.85 Å². The summed E-state index contributed by atoms with van der Waals surface area (Å²) in [6.45, 7) is 13.7. The molecule has 0 heterocycles. The first-order valence-electron chi connectivity index (χ1n) is 8.64. The summed E-state index contributed by atoms with van der Waals surface area (Å²) in [5.74, 6) is 1.41. The molecule has 0 amide bonds. The molecule has 1 aliphatic carbocycles. The van der Waals surface area contributed by atoms with E-state index in [0.29, 0.717) is 17.4 Å². The molecule has 120 valence electrons. The molecule has 0 aromatic heterocycles. The van der Waals surface area contributed by atoms with Crippen molar-refractivity contribution in [2.75, 3.05) is 19.8 Å². The second-order valence-electron chi connectivity index (χ2n) is 6.23. The minimum Gasteiger partial charge on any atom is -0.383 e. The maximum Gasteiger partial charge on any atom is 0.428 e. The standard InChI is InChI=1S/C16H35NO2Si/c1-6-9-13-17-20(18-7-2,19-8-3)16-14(4)11-10-12-15(16)5/h14-17H,6-13H2,1-5H3. The number of rotatable bonds is 9. The zero-order valence-electron chi connectivity index (χ0n) is 14.2. The first-order valence-corrected chi connectivity index (χ1v) is 10.5. The predicted octanol–water partition coefficient (Wildman–Crippen LogP) is 4.21. The van der Waals surface area contributed by atoms with Gasteiger partial charge in [0.15, 0.2) is 0 Å². The third kappa shape index (κ3) is 4.55. The molecule has 0 aromatic carbocycles. The molecule has 1 fully saturated rings. The Morgan fingerprint density at radius 1 is 1.00 bits per heavy atom. The lowest BCUT2D eigenvalue weighted by molar-refractivity contribution is 0.126. The van der Waals surface area contributed by atoms with E-state index < -0.39 is 8.72 Å². The van der Waals surface area contributed by atoms with Crippen molar-refractivity contribution in [1.29, 1.82) is 0 Å². The SMILES string of the molecule is CCCCN[Si](OCC)(OCC)C1C(C)CCCC1C. The van der Waals surface area contributed by atoms with Crippen molar-refractivity contribution >= 4 is 8.72 Å². The third-order valence-corrected chi connectivity index (χ3v) is 8.80. The summed E-state index contributed by atoms with van der Waals surface area (Å²) in [6.07, 6.45) is 6.41. The van der Waals surface area contributed by atoms with E-state index in [1.165, 1.54) is 32.1 Å². The van der Waals surface area contributed by atoms with Gasteiger partial charge in [0.2, 0.25) is 0 Å². The van der Waals surface area contributed by atoms with E-state index in [-0.39, 0.29) is 0 Å². The molecular weight excluding hydrogens is 266 g/mol. The van der Waals surface area contributed by atoms with Crippen LogP contribution in [0.4, 0.5) is 0 Å². The van der Waals surface area contributed by atoms with Crippen LogP contribution in [0.25, 0.3) is 0 Å². The quantitative estimate of drug-likeness (QED) is 0.511. The summed E-state index contributed by atoms with van der Waals surface area (Å²) in [5.41, 5.74) is 0.577. The highest BCUT2D eigenvalue weighted by atomic mass is 28.4. The zero-order valence-corrected chi connectivity index (χ0v) is 15.2. The maximum absolute atomic E-state index is 6.30. The minimum atomic E-state index is -2.31. The highest BCUT2D eigenvalue weighted by molar-refractivity contribution is 6.66. The normalized spacial score (nSPS) is 27.8. The molecule has 2 unspecified atom stereocenters. The van der Waals surface area contributed by atoms with Crippen molar-refractivity contribution in [2.24, 2.45) is 11.8 Å². The Morgan fingerprint density at radius 3 is 2.00 bits per heavy atom. The molecule has 1 saturated carbocycles. The highest BCUT2D eigenvalue weighted by Gasteiger charge is 2.52.